The minimum Gasteiger partial charge on any atom is -0.458 e. The van der Waals surface area contributed by atoms with Gasteiger partial charge in [-0.1, -0.05) is 22.8 Å². The van der Waals surface area contributed by atoms with Gasteiger partial charge in [0.15, 0.2) is 20.3 Å². The highest BCUT2D eigenvalue weighted by Crippen LogP contribution is 2.48. The second kappa shape index (κ2) is 6.78. The first-order valence-corrected chi connectivity index (χ1v) is 10.8. The normalized spacial score (nSPS) is 15.4. The maximum atomic E-state index is 12.9. The Morgan fingerprint density at radius 1 is 1.26 bits per heavy atom. The molecule has 0 saturated heterocycles. The third kappa shape index (κ3) is 3.28. The first-order valence-electron chi connectivity index (χ1n) is 8.09. The van der Waals surface area contributed by atoms with Crippen LogP contribution in [0.5, 0.6) is 0 Å². The SMILES string of the molecule is O=C(OCc1cc(-c2cccs2)on1)C1(S(=O)(=O)c2ccc(Cl)cc2)CC1. The molecule has 0 atom stereocenters. The molecule has 0 N–H and O–H groups in total. The van der Waals surface area contributed by atoms with Gasteiger partial charge in [0.05, 0.1) is 9.77 Å². The molecule has 0 spiro atoms. The summed E-state index contributed by atoms with van der Waals surface area (Å²) in [6.45, 7) is -0.147. The molecule has 0 bridgehead atoms. The van der Waals surface area contributed by atoms with Gasteiger partial charge in [0, 0.05) is 11.1 Å². The van der Waals surface area contributed by atoms with Crippen LogP contribution in [-0.2, 0) is 26.0 Å². The average Bonchev–Trinajstić information content (AvgIpc) is 3.08. The van der Waals surface area contributed by atoms with Crippen LogP contribution in [0.3, 0.4) is 0 Å². The lowest BCUT2D eigenvalue weighted by atomic mass is 10.3. The summed E-state index contributed by atoms with van der Waals surface area (Å²) >= 11 is 7.31. The number of carbonyl (C=O) groups excluding carboxylic acids is 1. The van der Waals surface area contributed by atoms with E-state index in [1.165, 1.54) is 35.6 Å². The molecule has 2 heterocycles. The van der Waals surface area contributed by atoms with Gasteiger partial charge in [0.25, 0.3) is 0 Å². The summed E-state index contributed by atoms with van der Waals surface area (Å²) in [5.74, 6) is -0.191. The number of halogens is 1. The summed E-state index contributed by atoms with van der Waals surface area (Å²) in [7, 11) is -3.85. The van der Waals surface area contributed by atoms with Gasteiger partial charge < -0.3 is 9.26 Å². The zero-order valence-corrected chi connectivity index (χ0v) is 16.3. The Kier molecular flexibility index (Phi) is 4.57. The molecular formula is C18H14ClNO5S2. The van der Waals surface area contributed by atoms with Crippen molar-refractivity contribution in [2.45, 2.75) is 29.1 Å². The van der Waals surface area contributed by atoms with Crippen LogP contribution in [0.1, 0.15) is 18.5 Å². The molecular weight excluding hydrogens is 410 g/mol. The van der Waals surface area contributed by atoms with E-state index in [0.717, 1.165) is 4.88 Å². The highest BCUT2D eigenvalue weighted by atomic mass is 35.5. The monoisotopic (exact) mass is 423 g/mol. The third-order valence-electron chi connectivity index (χ3n) is 4.39. The minimum absolute atomic E-state index is 0.0581. The third-order valence-corrected chi connectivity index (χ3v) is 8.02. The van der Waals surface area contributed by atoms with Crippen molar-refractivity contribution in [2.24, 2.45) is 0 Å². The van der Waals surface area contributed by atoms with Crippen molar-refractivity contribution < 1.29 is 22.5 Å². The fraction of sp³-hybridized carbons (Fsp3) is 0.222. The smallest absolute Gasteiger partial charge is 0.328 e. The van der Waals surface area contributed by atoms with Gasteiger partial charge >= 0.3 is 5.97 Å². The van der Waals surface area contributed by atoms with Gasteiger partial charge in [0.2, 0.25) is 0 Å². The summed E-state index contributed by atoms with van der Waals surface area (Å²) < 4.78 is 34.7. The van der Waals surface area contributed by atoms with E-state index in [9.17, 15) is 13.2 Å². The Morgan fingerprint density at radius 3 is 2.63 bits per heavy atom. The van der Waals surface area contributed by atoms with Crippen LogP contribution >= 0.6 is 22.9 Å². The van der Waals surface area contributed by atoms with E-state index < -0.39 is 20.6 Å². The predicted octanol–water partition coefficient (Wildman–Crippen LogP) is 4.11. The molecule has 0 amide bonds. The second-order valence-corrected chi connectivity index (χ2v) is 9.83. The minimum atomic E-state index is -3.85. The van der Waals surface area contributed by atoms with Crippen molar-refractivity contribution in [1.82, 2.24) is 5.16 Å². The number of aromatic nitrogens is 1. The van der Waals surface area contributed by atoms with Crippen LogP contribution in [0.15, 0.2) is 57.3 Å². The van der Waals surface area contributed by atoms with Gasteiger partial charge in [-0.05, 0) is 48.6 Å². The van der Waals surface area contributed by atoms with Crippen LogP contribution in [0.25, 0.3) is 10.6 Å². The van der Waals surface area contributed by atoms with E-state index in [1.807, 2.05) is 17.5 Å². The molecule has 0 radical (unpaired) electrons. The Morgan fingerprint density at radius 2 is 2.00 bits per heavy atom. The van der Waals surface area contributed by atoms with Crippen molar-refractivity contribution in [3.63, 3.8) is 0 Å². The van der Waals surface area contributed by atoms with Crippen molar-refractivity contribution in [1.29, 1.82) is 0 Å². The van der Waals surface area contributed by atoms with Crippen LogP contribution in [0.4, 0.5) is 0 Å². The quantitative estimate of drug-likeness (QED) is 0.554. The van der Waals surface area contributed by atoms with Crippen LogP contribution in [-0.4, -0.2) is 24.3 Å². The average molecular weight is 424 g/mol. The Hall–Kier alpha value is -2.16. The summed E-state index contributed by atoms with van der Waals surface area (Å²) in [4.78, 5) is 13.5. The molecule has 27 heavy (non-hydrogen) atoms. The number of sulfone groups is 1. The van der Waals surface area contributed by atoms with Gasteiger partial charge in [0.1, 0.15) is 12.3 Å². The first kappa shape index (κ1) is 18.2. The molecule has 6 nitrogen and oxygen atoms in total. The number of rotatable bonds is 6. The summed E-state index contributed by atoms with van der Waals surface area (Å²) in [6, 6.07) is 11.2. The molecule has 1 aliphatic rings. The van der Waals surface area contributed by atoms with E-state index in [1.54, 1.807) is 6.07 Å². The first-order chi connectivity index (χ1) is 12.9. The lowest BCUT2D eigenvalue weighted by molar-refractivity contribution is -0.145. The lowest BCUT2D eigenvalue weighted by Gasteiger charge is -2.15. The summed E-state index contributed by atoms with van der Waals surface area (Å²) in [5.41, 5.74) is 0.423. The largest absolute Gasteiger partial charge is 0.458 e. The van der Waals surface area contributed by atoms with Crippen LogP contribution < -0.4 is 0 Å². The Balaban J connectivity index is 1.47. The van der Waals surface area contributed by atoms with Crippen LogP contribution in [0.2, 0.25) is 5.02 Å². The second-order valence-electron chi connectivity index (χ2n) is 6.19. The fourth-order valence-electron chi connectivity index (χ4n) is 2.72. The van der Waals surface area contributed by atoms with Crippen molar-refractivity contribution in [3.05, 3.63) is 58.6 Å². The molecule has 140 valence electrons. The van der Waals surface area contributed by atoms with E-state index >= 15 is 0 Å². The number of ether oxygens (including phenoxy) is 1. The highest BCUT2D eigenvalue weighted by Gasteiger charge is 2.62. The lowest BCUT2D eigenvalue weighted by Crippen LogP contribution is -2.34. The molecule has 9 heteroatoms. The Bertz CT molecular complexity index is 1070. The highest BCUT2D eigenvalue weighted by molar-refractivity contribution is 7.94. The topological polar surface area (TPSA) is 86.5 Å². The van der Waals surface area contributed by atoms with Gasteiger partial charge in [-0.25, -0.2) is 8.42 Å². The van der Waals surface area contributed by atoms with E-state index in [0.29, 0.717) is 16.5 Å². The zero-order chi connectivity index (χ0) is 19.1. The van der Waals surface area contributed by atoms with E-state index in [4.69, 9.17) is 20.9 Å². The number of esters is 1. The molecule has 3 aromatic rings. The Labute approximate surface area is 164 Å². The number of thiophene rings is 1. The number of hydrogen-bond acceptors (Lipinski definition) is 7. The maximum absolute atomic E-state index is 12.9. The standard InChI is InChI=1S/C18H14ClNO5S2/c19-12-3-5-14(6-4-12)27(22,23)18(7-8-18)17(21)24-11-13-10-15(25-20-13)16-2-1-9-26-16/h1-6,9-10H,7-8,11H2. The zero-order valence-electron chi connectivity index (χ0n) is 13.9. The number of hydrogen-bond donors (Lipinski definition) is 0. The molecule has 1 aromatic carbocycles. The predicted molar refractivity (Wildman–Crippen MR) is 100 cm³/mol. The van der Waals surface area contributed by atoms with Gasteiger partial charge in [-0.15, -0.1) is 11.3 Å². The van der Waals surface area contributed by atoms with E-state index in [2.05, 4.69) is 5.16 Å². The molecule has 1 saturated carbocycles. The number of carbonyl (C=O) groups is 1. The number of nitrogens with zero attached hydrogens (tertiary/aromatic N) is 1. The van der Waals surface area contributed by atoms with Crippen LogP contribution in [0, 0.1) is 0 Å². The fourth-order valence-corrected chi connectivity index (χ4v) is 5.38. The summed E-state index contributed by atoms with van der Waals surface area (Å²) in [5, 5.41) is 6.20. The van der Waals surface area contributed by atoms with Gasteiger partial charge in [-0.3, -0.25) is 4.79 Å². The molecule has 0 aliphatic heterocycles. The van der Waals surface area contributed by atoms with E-state index in [-0.39, 0.29) is 24.3 Å². The molecule has 1 aliphatic carbocycles. The van der Waals surface area contributed by atoms with Crippen molar-refractivity contribution in [2.75, 3.05) is 0 Å². The van der Waals surface area contributed by atoms with Crippen molar-refractivity contribution in [3.8, 4) is 10.6 Å². The molecule has 2 aromatic heterocycles. The van der Waals surface area contributed by atoms with Gasteiger partial charge in [-0.2, -0.15) is 0 Å². The molecule has 0 unspecified atom stereocenters. The maximum Gasteiger partial charge on any atom is 0.328 e. The molecule has 4 rings (SSSR count). The van der Waals surface area contributed by atoms with Crippen molar-refractivity contribution >= 4 is 38.7 Å². The summed E-state index contributed by atoms with van der Waals surface area (Å²) in [6.07, 6.45) is 0.464. The molecule has 1 fully saturated rings. The number of benzene rings is 1.